The molecule has 0 unspecified atom stereocenters. The fourth-order valence-electron chi connectivity index (χ4n) is 4.80. The van der Waals surface area contributed by atoms with Crippen molar-refractivity contribution in [2.24, 2.45) is 11.3 Å². The van der Waals surface area contributed by atoms with Crippen LogP contribution in [-0.4, -0.2) is 60.1 Å². The lowest BCUT2D eigenvalue weighted by molar-refractivity contribution is -0.143. The maximum atomic E-state index is 13.1. The van der Waals surface area contributed by atoms with Gasteiger partial charge in [-0.15, -0.1) is 11.3 Å². The van der Waals surface area contributed by atoms with E-state index >= 15 is 0 Å². The molecule has 132 valence electrons. The summed E-state index contributed by atoms with van der Waals surface area (Å²) in [5.41, 5.74) is 1.33. The van der Waals surface area contributed by atoms with Crippen molar-refractivity contribution in [2.45, 2.75) is 39.2 Å². The summed E-state index contributed by atoms with van der Waals surface area (Å²) in [6.07, 6.45) is 4.64. The standard InChI is InChI=1S/C18H27N3O2S/c1-14-12-24-16(19-14)11-20-6-5-18(13-20)4-2-3-15(18)17(22)21-7-9-23-10-8-21/h12,15H,2-11,13H2,1H3/t15-,18-/m0/s1. The third-order valence-corrected chi connectivity index (χ3v) is 6.97. The summed E-state index contributed by atoms with van der Waals surface area (Å²) >= 11 is 1.76. The molecular weight excluding hydrogens is 322 g/mol. The van der Waals surface area contributed by atoms with Crippen LogP contribution in [0, 0.1) is 18.3 Å². The molecule has 1 aromatic heterocycles. The number of carbonyl (C=O) groups is 1. The van der Waals surface area contributed by atoms with E-state index in [-0.39, 0.29) is 11.3 Å². The lowest BCUT2D eigenvalue weighted by atomic mass is 9.76. The molecule has 24 heavy (non-hydrogen) atoms. The number of ether oxygens (including phenoxy) is 1. The predicted molar refractivity (Wildman–Crippen MR) is 93.9 cm³/mol. The van der Waals surface area contributed by atoms with Gasteiger partial charge in [0, 0.05) is 36.6 Å². The highest BCUT2D eigenvalue weighted by atomic mass is 32.1. The molecule has 6 heteroatoms. The van der Waals surface area contributed by atoms with Gasteiger partial charge in [-0.25, -0.2) is 4.98 Å². The normalized spacial score (nSPS) is 31.2. The van der Waals surface area contributed by atoms with Gasteiger partial charge in [-0.2, -0.15) is 0 Å². The number of likely N-dealkylation sites (tertiary alicyclic amines) is 1. The molecule has 3 fully saturated rings. The lowest BCUT2D eigenvalue weighted by Crippen LogP contribution is -2.47. The van der Waals surface area contributed by atoms with Crippen LogP contribution in [0.5, 0.6) is 0 Å². The number of thiazole rings is 1. The maximum absolute atomic E-state index is 13.1. The van der Waals surface area contributed by atoms with Gasteiger partial charge in [0.25, 0.3) is 0 Å². The molecule has 2 atom stereocenters. The Labute approximate surface area is 148 Å². The quantitative estimate of drug-likeness (QED) is 0.840. The number of aromatic nitrogens is 1. The minimum absolute atomic E-state index is 0.210. The highest BCUT2D eigenvalue weighted by Crippen LogP contribution is 2.50. The van der Waals surface area contributed by atoms with E-state index in [2.05, 4.69) is 22.2 Å². The molecule has 1 aliphatic carbocycles. The monoisotopic (exact) mass is 349 g/mol. The van der Waals surface area contributed by atoms with Crippen LogP contribution in [0.1, 0.15) is 36.4 Å². The lowest BCUT2D eigenvalue weighted by Gasteiger charge is -2.36. The van der Waals surface area contributed by atoms with E-state index in [1.165, 1.54) is 17.8 Å². The molecule has 0 bridgehead atoms. The molecule has 1 amide bonds. The molecule has 0 radical (unpaired) electrons. The molecule has 4 rings (SSSR count). The fraction of sp³-hybridized carbons (Fsp3) is 0.778. The van der Waals surface area contributed by atoms with E-state index in [0.717, 1.165) is 51.3 Å². The topological polar surface area (TPSA) is 45.7 Å². The van der Waals surface area contributed by atoms with E-state index < -0.39 is 0 Å². The SMILES string of the molecule is Cc1csc(CN2CC[C@@]3(CCC[C@H]3C(=O)N3CCOCC3)C2)n1. The van der Waals surface area contributed by atoms with Gasteiger partial charge in [-0.05, 0) is 38.1 Å². The third-order valence-electron chi connectivity index (χ3n) is 6.02. The summed E-state index contributed by atoms with van der Waals surface area (Å²) in [4.78, 5) is 22.2. The van der Waals surface area contributed by atoms with Crippen LogP contribution < -0.4 is 0 Å². The van der Waals surface area contributed by atoms with Crippen molar-refractivity contribution >= 4 is 17.2 Å². The Morgan fingerprint density at radius 2 is 2.21 bits per heavy atom. The van der Waals surface area contributed by atoms with Gasteiger partial charge in [-0.1, -0.05) is 6.42 Å². The Bertz CT molecular complexity index is 599. The van der Waals surface area contributed by atoms with Gasteiger partial charge in [0.2, 0.25) is 5.91 Å². The molecule has 3 aliphatic rings. The van der Waals surface area contributed by atoms with Gasteiger partial charge >= 0.3 is 0 Å². The van der Waals surface area contributed by atoms with Crippen molar-refractivity contribution in [2.75, 3.05) is 39.4 Å². The second-order valence-electron chi connectivity index (χ2n) is 7.59. The summed E-state index contributed by atoms with van der Waals surface area (Å²) in [6, 6.07) is 0. The molecule has 2 saturated heterocycles. The molecule has 1 saturated carbocycles. The van der Waals surface area contributed by atoms with E-state index in [4.69, 9.17) is 4.74 Å². The first-order valence-electron chi connectivity index (χ1n) is 9.16. The number of amides is 1. The summed E-state index contributed by atoms with van der Waals surface area (Å²) in [6.45, 7) is 8.10. The van der Waals surface area contributed by atoms with Crippen molar-refractivity contribution in [1.29, 1.82) is 0 Å². The van der Waals surface area contributed by atoms with Crippen LogP contribution in [0.4, 0.5) is 0 Å². The first-order valence-corrected chi connectivity index (χ1v) is 10.0. The van der Waals surface area contributed by atoms with Crippen LogP contribution >= 0.6 is 11.3 Å². The zero-order valence-corrected chi connectivity index (χ0v) is 15.3. The van der Waals surface area contributed by atoms with Crippen molar-refractivity contribution in [3.05, 3.63) is 16.1 Å². The highest BCUT2D eigenvalue weighted by Gasteiger charge is 2.51. The first-order chi connectivity index (χ1) is 11.7. The Hall–Kier alpha value is -0.980. The zero-order valence-electron chi connectivity index (χ0n) is 14.5. The first kappa shape index (κ1) is 16.5. The van der Waals surface area contributed by atoms with Gasteiger partial charge in [0.1, 0.15) is 5.01 Å². The van der Waals surface area contributed by atoms with E-state index in [1.807, 2.05) is 4.90 Å². The minimum Gasteiger partial charge on any atom is -0.378 e. The van der Waals surface area contributed by atoms with E-state index in [0.29, 0.717) is 19.1 Å². The molecule has 0 N–H and O–H groups in total. The Kier molecular flexibility index (Phi) is 4.62. The average molecular weight is 350 g/mol. The van der Waals surface area contributed by atoms with Crippen molar-refractivity contribution < 1.29 is 9.53 Å². The van der Waals surface area contributed by atoms with Crippen LogP contribution in [-0.2, 0) is 16.1 Å². The second-order valence-corrected chi connectivity index (χ2v) is 8.53. The zero-order chi connectivity index (χ0) is 16.6. The minimum atomic E-state index is 0.210. The third kappa shape index (κ3) is 3.11. The Morgan fingerprint density at radius 1 is 1.38 bits per heavy atom. The number of carbonyl (C=O) groups excluding carboxylic acids is 1. The van der Waals surface area contributed by atoms with Gasteiger partial charge in [0.05, 0.1) is 19.8 Å². The second kappa shape index (κ2) is 6.73. The number of aryl methyl sites for hydroxylation is 1. The largest absolute Gasteiger partial charge is 0.378 e. The van der Waals surface area contributed by atoms with Crippen molar-refractivity contribution in [3.8, 4) is 0 Å². The summed E-state index contributed by atoms with van der Waals surface area (Å²) in [5, 5.41) is 3.33. The number of hydrogen-bond donors (Lipinski definition) is 0. The van der Waals surface area contributed by atoms with Gasteiger partial charge in [-0.3, -0.25) is 9.69 Å². The Balaban J connectivity index is 1.43. The van der Waals surface area contributed by atoms with Crippen molar-refractivity contribution in [3.63, 3.8) is 0 Å². The molecule has 3 heterocycles. The summed E-state index contributed by atoms with van der Waals surface area (Å²) in [7, 11) is 0. The number of nitrogens with zero attached hydrogens (tertiary/aromatic N) is 3. The van der Waals surface area contributed by atoms with E-state index in [9.17, 15) is 4.79 Å². The smallest absolute Gasteiger partial charge is 0.226 e. The van der Waals surface area contributed by atoms with Crippen LogP contribution in [0.3, 0.4) is 0 Å². The number of rotatable bonds is 3. The molecular formula is C18H27N3O2S. The molecule has 0 aromatic carbocycles. The van der Waals surface area contributed by atoms with Crippen LogP contribution in [0.2, 0.25) is 0 Å². The molecule has 1 spiro atoms. The van der Waals surface area contributed by atoms with Crippen LogP contribution in [0.25, 0.3) is 0 Å². The number of hydrogen-bond acceptors (Lipinski definition) is 5. The van der Waals surface area contributed by atoms with Crippen LogP contribution in [0.15, 0.2) is 5.38 Å². The van der Waals surface area contributed by atoms with Gasteiger partial charge < -0.3 is 9.64 Å². The highest BCUT2D eigenvalue weighted by molar-refractivity contribution is 7.09. The van der Waals surface area contributed by atoms with Gasteiger partial charge in [0.15, 0.2) is 0 Å². The number of morpholine rings is 1. The maximum Gasteiger partial charge on any atom is 0.226 e. The molecule has 1 aromatic rings. The predicted octanol–water partition coefficient (Wildman–Crippen LogP) is 2.30. The fourth-order valence-corrected chi connectivity index (χ4v) is 5.62. The van der Waals surface area contributed by atoms with E-state index in [1.54, 1.807) is 11.3 Å². The summed E-state index contributed by atoms with van der Waals surface area (Å²) < 4.78 is 5.41. The molecule has 5 nitrogen and oxygen atoms in total. The summed E-state index contributed by atoms with van der Waals surface area (Å²) in [5.74, 6) is 0.612. The molecule has 2 aliphatic heterocycles. The average Bonchev–Trinajstić information content (AvgIpc) is 3.30. The Morgan fingerprint density at radius 3 is 2.96 bits per heavy atom. The van der Waals surface area contributed by atoms with Crippen molar-refractivity contribution in [1.82, 2.24) is 14.8 Å².